The molecular formula is C17H19N3O4S. The Morgan fingerprint density at radius 2 is 2.12 bits per heavy atom. The molecule has 0 radical (unpaired) electrons. The van der Waals surface area contributed by atoms with E-state index in [1.807, 2.05) is 24.4 Å². The van der Waals surface area contributed by atoms with Crippen LogP contribution < -0.4 is 5.32 Å². The van der Waals surface area contributed by atoms with Crippen molar-refractivity contribution in [3.05, 3.63) is 46.0 Å². The highest BCUT2D eigenvalue weighted by Gasteiger charge is 2.50. The highest BCUT2D eigenvalue weighted by Crippen LogP contribution is 2.31. The molecule has 1 aliphatic rings. The molecule has 8 heteroatoms. The second-order valence-corrected chi connectivity index (χ2v) is 7.13. The molecule has 0 bridgehead atoms. The molecule has 1 N–H and O–H groups in total. The average Bonchev–Trinajstić information content (AvgIpc) is 3.26. The largest absolute Gasteiger partial charge is 0.464 e. The third kappa shape index (κ3) is 3.17. The third-order valence-corrected chi connectivity index (χ3v) is 5.29. The van der Waals surface area contributed by atoms with Crippen LogP contribution in [0.1, 0.15) is 23.3 Å². The molecule has 1 saturated heterocycles. The topological polar surface area (TPSA) is 82.9 Å². The lowest BCUT2D eigenvalue weighted by Gasteiger charge is -2.21. The van der Waals surface area contributed by atoms with Crippen LogP contribution in [0.4, 0.5) is 4.79 Å². The van der Waals surface area contributed by atoms with Gasteiger partial charge in [0, 0.05) is 11.9 Å². The molecule has 132 valence electrons. The fourth-order valence-electron chi connectivity index (χ4n) is 2.72. The number of nitrogens with one attached hydrogen (secondary N) is 1. The van der Waals surface area contributed by atoms with E-state index < -0.39 is 17.5 Å². The zero-order valence-corrected chi connectivity index (χ0v) is 15.1. The summed E-state index contributed by atoms with van der Waals surface area (Å²) in [6.45, 7) is 3.45. The molecule has 0 spiro atoms. The number of imide groups is 1. The Hall–Kier alpha value is -2.61. The minimum atomic E-state index is -1.12. The van der Waals surface area contributed by atoms with Crippen LogP contribution in [0.2, 0.25) is 0 Å². The van der Waals surface area contributed by atoms with Crippen LogP contribution >= 0.6 is 11.3 Å². The number of nitrogens with zero attached hydrogens (tertiary/aromatic N) is 2. The van der Waals surface area contributed by atoms with Gasteiger partial charge in [-0.3, -0.25) is 14.5 Å². The van der Waals surface area contributed by atoms with Gasteiger partial charge >= 0.3 is 6.03 Å². The van der Waals surface area contributed by atoms with E-state index in [9.17, 15) is 14.4 Å². The molecule has 1 unspecified atom stereocenters. The first-order valence-corrected chi connectivity index (χ1v) is 8.66. The SMILES string of the molecule is Cc1ccc(CN(C)C(=O)CN2C(=O)NC(C)(c3cccs3)C2=O)o1. The van der Waals surface area contributed by atoms with E-state index in [2.05, 4.69) is 5.32 Å². The van der Waals surface area contributed by atoms with Gasteiger partial charge in [-0.25, -0.2) is 4.79 Å². The van der Waals surface area contributed by atoms with Crippen molar-refractivity contribution in [2.75, 3.05) is 13.6 Å². The number of carbonyl (C=O) groups excluding carboxylic acids is 3. The van der Waals surface area contributed by atoms with Gasteiger partial charge in [0.25, 0.3) is 5.91 Å². The second-order valence-electron chi connectivity index (χ2n) is 6.19. The Bertz CT molecular complexity index is 814. The number of hydrogen-bond acceptors (Lipinski definition) is 5. The van der Waals surface area contributed by atoms with E-state index in [0.29, 0.717) is 5.76 Å². The summed E-state index contributed by atoms with van der Waals surface area (Å²) >= 11 is 1.39. The Labute approximate surface area is 149 Å². The summed E-state index contributed by atoms with van der Waals surface area (Å²) in [7, 11) is 1.61. The number of furan rings is 1. The van der Waals surface area contributed by atoms with Crippen molar-refractivity contribution in [1.29, 1.82) is 0 Å². The van der Waals surface area contributed by atoms with Crippen molar-refractivity contribution in [1.82, 2.24) is 15.1 Å². The van der Waals surface area contributed by atoms with Gasteiger partial charge in [0.05, 0.1) is 6.54 Å². The minimum Gasteiger partial charge on any atom is -0.464 e. The first-order valence-electron chi connectivity index (χ1n) is 7.78. The van der Waals surface area contributed by atoms with E-state index >= 15 is 0 Å². The van der Waals surface area contributed by atoms with Crippen LogP contribution in [0.5, 0.6) is 0 Å². The molecule has 1 aliphatic heterocycles. The first-order chi connectivity index (χ1) is 11.8. The normalized spacial score (nSPS) is 20.0. The van der Waals surface area contributed by atoms with Crippen molar-refractivity contribution in [3.63, 3.8) is 0 Å². The summed E-state index contributed by atoms with van der Waals surface area (Å²) in [6, 6.07) is 6.66. The number of thiophene rings is 1. The maximum atomic E-state index is 12.7. The smallest absolute Gasteiger partial charge is 0.325 e. The summed E-state index contributed by atoms with van der Waals surface area (Å²) in [5, 5.41) is 4.53. The minimum absolute atomic E-state index is 0.276. The van der Waals surface area contributed by atoms with E-state index in [-0.39, 0.29) is 19.0 Å². The second kappa shape index (κ2) is 6.36. The molecule has 7 nitrogen and oxygen atoms in total. The summed E-state index contributed by atoms with van der Waals surface area (Å²) in [5.41, 5.74) is -1.12. The lowest BCUT2D eigenvalue weighted by Crippen LogP contribution is -2.43. The third-order valence-electron chi connectivity index (χ3n) is 4.20. The highest BCUT2D eigenvalue weighted by atomic mass is 32.1. The molecule has 2 aromatic rings. The molecule has 3 rings (SSSR count). The van der Waals surface area contributed by atoms with Crippen LogP contribution in [0.15, 0.2) is 34.1 Å². The van der Waals surface area contributed by atoms with Crippen LogP contribution in [0.25, 0.3) is 0 Å². The van der Waals surface area contributed by atoms with Crippen LogP contribution in [0, 0.1) is 6.92 Å². The first kappa shape index (κ1) is 17.2. The monoisotopic (exact) mass is 361 g/mol. The van der Waals surface area contributed by atoms with Gasteiger partial charge in [-0.05, 0) is 37.4 Å². The lowest BCUT2D eigenvalue weighted by atomic mass is 10.0. The molecule has 1 fully saturated rings. The fourth-order valence-corrected chi connectivity index (χ4v) is 3.55. The lowest BCUT2D eigenvalue weighted by molar-refractivity contribution is -0.138. The highest BCUT2D eigenvalue weighted by molar-refractivity contribution is 7.10. The van der Waals surface area contributed by atoms with E-state index in [0.717, 1.165) is 15.5 Å². The van der Waals surface area contributed by atoms with Gasteiger partial charge in [0.1, 0.15) is 18.1 Å². The Kier molecular flexibility index (Phi) is 4.38. The predicted octanol–water partition coefficient (Wildman–Crippen LogP) is 2.08. The van der Waals surface area contributed by atoms with E-state index in [1.165, 1.54) is 16.2 Å². The Balaban J connectivity index is 1.68. The molecule has 3 heterocycles. The number of aryl methyl sites for hydroxylation is 1. The van der Waals surface area contributed by atoms with Gasteiger partial charge in [-0.1, -0.05) is 6.07 Å². The van der Waals surface area contributed by atoms with Crippen LogP contribution in [-0.4, -0.2) is 41.2 Å². The van der Waals surface area contributed by atoms with E-state index in [4.69, 9.17) is 4.42 Å². The number of carbonyl (C=O) groups is 3. The molecule has 25 heavy (non-hydrogen) atoms. The Morgan fingerprint density at radius 1 is 1.36 bits per heavy atom. The predicted molar refractivity (Wildman–Crippen MR) is 91.8 cm³/mol. The van der Waals surface area contributed by atoms with Crippen molar-refractivity contribution in [2.24, 2.45) is 0 Å². The van der Waals surface area contributed by atoms with E-state index in [1.54, 1.807) is 26.1 Å². The molecule has 0 aromatic carbocycles. The summed E-state index contributed by atoms with van der Waals surface area (Å²) in [5.74, 6) is 0.647. The molecular weight excluding hydrogens is 342 g/mol. The maximum Gasteiger partial charge on any atom is 0.325 e. The number of likely N-dealkylation sites (N-methyl/N-ethyl adjacent to an activating group) is 1. The average molecular weight is 361 g/mol. The van der Waals surface area contributed by atoms with Gasteiger partial charge in [0.15, 0.2) is 5.54 Å². The quantitative estimate of drug-likeness (QED) is 0.827. The fraction of sp³-hybridized carbons (Fsp3) is 0.353. The standard InChI is InChI=1S/C17H19N3O4S/c1-11-6-7-12(24-11)9-19(3)14(21)10-20-15(22)17(2,18-16(20)23)13-5-4-8-25-13/h4-8H,9-10H2,1-3H3,(H,18,23). The Morgan fingerprint density at radius 3 is 2.72 bits per heavy atom. The maximum absolute atomic E-state index is 12.7. The molecule has 4 amide bonds. The number of hydrogen-bond donors (Lipinski definition) is 1. The zero-order chi connectivity index (χ0) is 18.2. The molecule has 1 atom stereocenters. The van der Waals surface area contributed by atoms with Crippen molar-refractivity contribution in [3.8, 4) is 0 Å². The summed E-state index contributed by atoms with van der Waals surface area (Å²) in [6.07, 6.45) is 0. The van der Waals surface area contributed by atoms with Gasteiger partial charge in [-0.2, -0.15) is 0 Å². The van der Waals surface area contributed by atoms with Gasteiger partial charge < -0.3 is 14.6 Å². The number of rotatable bonds is 5. The van der Waals surface area contributed by atoms with Crippen LogP contribution in [-0.2, 0) is 21.7 Å². The van der Waals surface area contributed by atoms with Crippen molar-refractivity contribution in [2.45, 2.75) is 25.9 Å². The molecule has 2 aromatic heterocycles. The number of amides is 4. The van der Waals surface area contributed by atoms with Crippen LogP contribution in [0.3, 0.4) is 0 Å². The zero-order valence-electron chi connectivity index (χ0n) is 14.2. The van der Waals surface area contributed by atoms with Crippen molar-refractivity contribution >= 4 is 29.2 Å². The van der Waals surface area contributed by atoms with Crippen molar-refractivity contribution < 1.29 is 18.8 Å². The van der Waals surface area contributed by atoms with Gasteiger partial charge in [-0.15, -0.1) is 11.3 Å². The number of urea groups is 1. The molecule has 0 saturated carbocycles. The summed E-state index contributed by atoms with van der Waals surface area (Å²) in [4.78, 5) is 40.5. The van der Waals surface area contributed by atoms with Gasteiger partial charge in [0.2, 0.25) is 5.91 Å². The molecule has 0 aliphatic carbocycles. The summed E-state index contributed by atoms with van der Waals surface area (Å²) < 4.78 is 5.45.